The Kier molecular flexibility index (Phi) is 5.84. The number of carbonyl (C=O) groups is 1. The number of nitrogens with zero attached hydrogens (tertiary/aromatic N) is 2. The van der Waals surface area contributed by atoms with Crippen LogP contribution >= 0.6 is 12.4 Å². The summed E-state index contributed by atoms with van der Waals surface area (Å²) in [7, 11) is 0. The lowest BCUT2D eigenvalue weighted by molar-refractivity contribution is 0.0952. The molecule has 4 rings (SSSR count). The van der Waals surface area contributed by atoms with Crippen LogP contribution in [0.25, 0.3) is 10.9 Å². The summed E-state index contributed by atoms with van der Waals surface area (Å²) < 4.78 is 12.6. The van der Waals surface area contributed by atoms with Gasteiger partial charge in [-0.2, -0.15) is 0 Å². The van der Waals surface area contributed by atoms with Crippen molar-refractivity contribution in [2.24, 2.45) is 0 Å². The largest absolute Gasteiger partial charge is 0.454 e. The molecule has 7 nitrogen and oxygen atoms in total. The Morgan fingerprint density at radius 1 is 1.21 bits per heavy atom. The summed E-state index contributed by atoms with van der Waals surface area (Å²) in [4.78, 5) is 29.5. The molecule has 0 bridgehead atoms. The van der Waals surface area contributed by atoms with Crippen LogP contribution in [0.4, 0.5) is 0 Å². The number of nitrogens with one attached hydrogen (secondary N) is 1. The molecule has 3 heterocycles. The number of pyridine rings is 2. The van der Waals surface area contributed by atoms with E-state index in [0.29, 0.717) is 36.4 Å². The molecule has 0 unspecified atom stereocenters. The van der Waals surface area contributed by atoms with Crippen LogP contribution in [-0.4, -0.2) is 28.8 Å². The van der Waals surface area contributed by atoms with Crippen LogP contribution in [-0.2, 0) is 13.0 Å². The number of fused-ring (bicyclic) bond motifs is 2. The van der Waals surface area contributed by atoms with Crippen LogP contribution in [0.3, 0.4) is 0 Å². The highest BCUT2D eigenvalue weighted by atomic mass is 35.5. The molecule has 0 saturated carbocycles. The smallest absolute Gasteiger partial charge is 0.256 e. The van der Waals surface area contributed by atoms with Gasteiger partial charge >= 0.3 is 0 Å². The molecule has 0 aliphatic carbocycles. The normalized spacial score (nSPS) is 11.9. The first-order valence-electron chi connectivity index (χ1n) is 8.81. The molecule has 28 heavy (non-hydrogen) atoms. The van der Waals surface area contributed by atoms with E-state index in [2.05, 4.69) is 10.3 Å². The number of amides is 1. The average molecular weight is 402 g/mol. The number of halogens is 1. The molecule has 1 aliphatic rings. The van der Waals surface area contributed by atoms with Crippen molar-refractivity contribution in [3.63, 3.8) is 0 Å². The molecule has 1 aromatic carbocycles. The summed E-state index contributed by atoms with van der Waals surface area (Å²) in [5.74, 6) is 0.756. The fraction of sp³-hybridized carbons (Fsp3) is 0.250. The van der Waals surface area contributed by atoms with Gasteiger partial charge in [0.2, 0.25) is 12.2 Å². The number of hydrogen-bond acceptors (Lipinski definition) is 5. The third-order valence-corrected chi connectivity index (χ3v) is 4.61. The Hall–Kier alpha value is -3.06. The van der Waals surface area contributed by atoms with Crippen molar-refractivity contribution in [3.8, 4) is 11.5 Å². The van der Waals surface area contributed by atoms with E-state index in [1.165, 1.54) is 0 Å². The molecule has 8 heteroatoms. The average Bonchev–Trinajstić information content (AvgIpc) is 3.15. The molecule has 146 valence electrons. The number of rotatable bonds is 5. The molecule has 0 radical (unpaired) electrons. The van der Waals surface area contributed by atoms with Gasteiger partial charge < -0.3 is 19.4 Å². The highest BCUT2D eigenvalue weighted by Gasteiger charge is 2.20. The second kappa shape index (κ2) is 8.31. The van der Waals surface area contributed by atoms with Gasteiger partial charge in [-0.1, -0.05) is 0 Å². The number of hydrogen-bond donors (Lipinski definition) is 1. The molecule has 0 spiro atoms. The minimum Gasteiger partial charge on any atom is -0.454 e. The van der Waals surface area contributed by atoms with Gasteiger partial charge in [0.05, 0.1) is 10.9 Å². The van der Waals surface area contributed by atoms with E-state index in [1.807, 2.05) is 23.6 Å². The second-order valence-electron chi connectivity index (χ2n) is 6.24. The van der Waals surface area contributed by atoms with Gasteiger partial charge in [0.1, 0.15) is 5.56 Å². The van der Waals surface area contributed by atoms with E-state index >= 15 is 0 Å². The third-order valence-electron chi connectivity index (χ3n) is 4.61. The number of benzene rings is 1. The van der Waals surface area contributed by atoms with Crippen molar-refractivity contribution in [2.75, 3.05) is 13.3 Å². The van der Waals surface area contributed by atoms with E-state index in [-0.39, 0.29) is 36.1 Å². The highest BCUT2D eigenvalue weighted by Crippen LogP contribution is 2.35. The molecule has 0 atom stereocenters. The summed E-state index contributed by atoms with van der Waals surface area (Å²) in [6, 6.07) is 7.23. The monoisotopic (exact) mass is 401 g/mol. The van der Waals surface area contributed by atoms with Crippen LogP contribution < -0.4 is 20.2 Å². The van der Waals surface area contributed by atoms with Crippen molar-refractivity contribution < 1.29 is 14.3 Å². The van der Waals surface area contributed by atoms with Gasteiger partial charge in [0, 0.05) is 37.7 Å². The molecule has 1 amide bonds. The van der Waals surface area contributed by atoms with Crippen LogP contribution in [0.1, 0.15) is 22.8 Å². The minimum atomic E-state index is -0.379. The van der Waals surface area contributed by atoms with Gasteiger partial charge in [-0.25, -0.2) is 0 Å². The zero-order valence-electron chi connectivity index (χ0n) is 15.3. The van der Waals surface area contributed by atoms with Gasteiger partial charge in [-0.05, 0) is 37.1 Å². The van der Waals surface area contributed by atoms with Crippen LogP contribution in [0.5, 0.6) is 11.5 Å². The molecule has 1 aliphatic heterocycles. The molecule has 0 fully saturated rings. The lowest BCUT2D eigenvalue weighted by Crippen LogP contribution is -2.31. The summed E-state index contributed by atoms with van der Waals surface area (Å²) in [6.07, 6.45) is 5.70. The molecule has 0 saturated heterocycles. The quantitative estimate of drug-likeness (QED) is 0.710. The Bertz CT molecular complexity index is 1070. The van der Waals surface area contributed by atoms with Crippen molar-refractivity contribution in [2.45, 2.75) is 19.9 Å². The SMILES string of the molecule is CCn1cc(C(=O)NCCc2ccncc2)c(=O)c2cc3c(cc21)OCO3.Cl. The summed E-state index contributed by atoms with van der Waals surface area (Å²) in [5.41, 5.74) is 1.61. The van der Waals surface area contributed by atoms with Gasteiger partial charge in [0.15, 0.2) is 11.5 Å². The first-order chi connectivity index (χ1) is 13.2. The van der Waals surface area contributed by atoms with Gasteiger partial charge in [-0.15, -0.1) is 12.4 Å². The first kappa shape index (κ1) is 19.7. The second-order valence-corrected chi connectivity index (χ2v) is 6.24. The number of carbonyl (C=O) groups excluding carboxylic acids is 1. The zero-order chi connectivity index (χ0) is 18.8. The molecule has 3 aromatic rings. The maximum absolute atomic E-state index is 12.9. The van der Waals surface area contributed by atoms with Crippen molar-refractivity contribution in [1.82, 2.24) is 14.9 Å². The van der Waals surface area contributed by atoms with Crippen molar-refractivity contribution in [3.05, 3.63) is 64.2 Å². The van der Waals surface area contributed by atoms with Crippen LogP contribution in [0.2, 0.25) is 0 Å². The maximum atomic E-state index is 12.9. The number of aryl methyl sites for hydroxylation is 1. The molecular formula is C20H20ClN3O4. The fourth-order valence-electron chi connectivity index (χ4n) is 3.17. The molecular weight excluding hydrogens is 382 g/mol. The zero-order valence-corrected chi connectivity index (χ0v) is 16.1. The molecule has 1 N–H and O–H groups in total. The third kappa shape index (κ3) is 3.66. The van der Waals surface area contributed by atoms with Crippen LogP contribution in [0.15, 0.2) is 47.7 Å². The number of aromatic nitrogens is 2. The molecule has 2 aromatic heterocycles. The Labute approximate surface area is 167 Å². The lowest BCUT2D eigenvalue weighted by Gasteiger charge is -2.12. The van der Waals surface area contributed by atoms with Gasteiger partial charge in [-0.3, -0.25) is 14.6 Å². The topological polar surface area (TPSA) is 82.5 Å². The van der Waals surface area contributed by atoms with E-state index in [1.54, 1.807) is 30.7 Å². The standard InChI is InChI=1S/C20H19N3O4.ClH/c1-2-23-11-15(20(25)22-8-5-13-3-6-21-7-4-13)19(24)14-9-17-18(10-16(14)23)27-12-26-17;/h3-4,6-7,9-11H,2,5,8,12H2,1H3,(H,22,25);1H. The van der Waals surface area contributed by atoms with Crippen LogP contribution in [0, 0.1) is 0 Å². The fourth-order valence-corrected chi connectivity index (χ4v) is 3.17. The van der Waals surface area contributed by atoms with Crippen molar-refractivity contribution in [1.29, 1.82) is 0 Å². The predicted molar refractivity (Wildman–Crippen MR) is 108 cm³/mol. The van der Waals surface area contributed by atoms with E-state index in [4.69, 9.17) is 9.47 Å². The highest BCUT2D eigenvalue weighted by molar-refractivity contribution is 5.97. The minimum absolute atomic E-state index is 0. The summed E-state index contributed by atoms with van der Waals surface area (Å²) in [5, 5.41) is 3.28. The van der Waals surface area contributed by atoms with E-state index in [0.717, 1.165) is 11.1 Å². The summed E-state index contributed by atoms with van der Waals surface area (Å²) in [6.45, 7) is 3.15. The maximum Gasteiger partial charge on any atom is 0.256 e. The summed E-state index contributed by atoms with van der Waals surface area (Å²) >= 11 is 0. The Balaban J connectivity index is 0.00000225. The predicted octanol–water partition coefficient (Wildman–Crippen LogP) is 2.54. The first-order valence-corrected chi connectivity index (χ1v) is 8.81. The van der Waals surface area contributed by atoms with E-state index < -0.39 is 0 Å². The number of ether oxygens (including phenoxy) is 2. The van der Waals surface area contributed by atoms with Crippen molar-refractivity contribution >= 4 is 29.2 Å². The Morgan fingerprint density at radius 3 is 2.64 bits per heavy atom. The lowest BCUT2D eigenvalue weighted by atomic mass is 10.1. The Morgan fingerprint density at radius 2 is 1.93 bits per heavy atom. The van der Waals surface area contributed by atoms with Gasteiger partial charge in [0.25, 0.3) is 5.91 Å². The van der Waals surface area contributed by atoms with E-state index in [9.17, 15) is 9.59 Å².